The molecular weight excluding hydrogens is 284 g/mol. The molecular formula is C13H17BrO3. The fraction of sp³-hybridized carbons (Fsp3) is 0.462. The summed E-state index contributed by atoms with van der Waals surface area (Å²) < 4.78 is 11.4. The Hall–Kier alpha value is -1.03. The van der Waals surface area contributed by atoms with E-state index >= 15 is 0 Å². The lowest BCUT2D eigenvalue weighted by Crippen LogP contribution is -2.07. The van der Waals surface area contributed by atoms with Crippen molar-refractivity contribution in [1.29, 1.82) is 0 Å². The Morgan fingerprint density at radius 3 is 2.24 bits per heavy atom. The second-order valence-corrected chi connectivity index (χ2v) is 4.95. The van der Waals surface area contributed by atoms with Crippen LogP contribution in [0.25, 0.3) is 0 Å². The van der Waals surface area contributed by atoms with E-state index in [1.807, 2.05) is 13.8 Å². The fourth-order valence-electron chi connectivity index (χ4n) is 1.90. The Bertz CT molecular complexity index is 439. The molecule has 94 valence electrons. The van der Waals surface area contributed by atoms with Crippen LogP contribution in [0, 0.1) is 0 Å². The molecule has 0 aliphatic carbocycles. The molecule has 0 fully saturated rings. The molecule has 0 saturated heterocycles. The first kappa shape index (κ1) is 14.0. The average molecular weight is 301 g/mol. The maximum atomic E-state index is 11.7. The van der Waals surface area contributed by atoms with Crippen molar-refractivity contribution in [3.63, 3.8) is 0 Å². The molecule has 0 aromatic heterocycles. The van der Waals surface area contributed by atoms with Gasteiger partial charge in [-0.2, -0.15) is 0 Å². The van der Waals surface area contributed by atoms with E-state index in [2.05, 4.69) is 15.9 Å². The van der Waals surface area contributed by atoms with E-state index in [1.54, 1.807) is 27.2 Å². The van der Waals surface area contributed by atoms with Crippen molar-refractivity contribution < 1.29 is 14.3 Å². The van der Waals surface area contributed by atoms with Crippen molar-refractivity contribution in [2.45, 2.75) is 26.7 Å². The highest BCUT2D eigenvalue weighted by Crippen LogP contribution is 2.42. The van der Waals surface area contributed by atoms with Gasteiger partial charge in [0.25, 0.3) is 0 Å². The summed E-state index contributed by atoms with van der Waals surface area (Å²) in [5.41, 5.74) is 1.55. The monoisotopic (exact) mass is 300 g/mol. The van der Waals surface area contributed by atoms with Gasteiger partial charge >= 0.3 is 0 Å². The predicted molar refractivity (Wildman–Crippen MR) is 71.3 cm³/mol. The molecule has 3 nitrogen and oxygen atoms in total. The van der Waals surface area contributed by atoms with Crippen LogP contribution >= 0.6 is 15.9 Å². The summed E-state index contributed by atoms with van der Waals surface area (Å²) in [4.78, 5) is 11.7. The predicted octanol–water partition coefficient (Wildman–Crippen LogP) is 3.79. The minimum Gasteiger partial charge on any atom is -0.493 e. The number of benzene rings is 1. The second kappa shape index (κ2) is 5.54. The van der Waals surface area contributed by atoms with Crippen LogP contribution in [-0.4, -0.2) is 20.0 Å². The molecule has 0 unspecified atom stereocenters. The maximum absolute atomic E-state index is 11.7. The molecule has 4 heteroatoms. The van der Waals surface area contributed by atoms with Crippen LogP contribution in [-0.2, 0) is 0 Å². The third-order valence-electron chi connectivity index (χ3n) is 2.59. The number of carbonyl (C=O) groups excluding carboxylic acids is 1. The zero-order chi connectivity index (χ0) is 13.2. The topological polar surface area (TPSA) is 35.5 Å². The Labute approximate surface area is 110 Å². The largest absolute Gasteiger partial charge is 0.493 e. The second-order valence-electron chi connectivity index (χ2n) is 4.09. The van der Waals surface area contributed by atoms with Gasteiger partial charge in [0.05, 0.1) is 14.2 Å². The molecule has 17 heavy (non-hydrogen) atoms. The zero-order valence-electron chi connectivity index (χ0n) is 10.8. The van der Waals surface area contributed by atoms with Gasteiger partial charge in [-0.1, -0.05) is 13.8 Å². The number of rotatable bonds is 4. The van der Waals surface area contributed by atoms with Gasteiger partial charge in [-0.05, 0) is 34.8 Å². The quantitative estimate of drug-likeness (QED) is 0.794. The van der Waals surface area contributed by atoms with Gasteiger partial charge in [-0.15, -0.1) is 0 Å². The van der Waals surface area contributed by atoms with Crippen LogP contribution < -0.4 is 9.47 Å². The minimum atomic E-state index is 0.0153. The molecule has 0 saturated carbocycles. The van der Waals surface area contributed by atoms with Gasteiger partial charge in [0.15, 0.2) is 17.3 Å². The summed E-state index contributed by atoms with van der Waals surface area (Å²) >= 11 is 3.41. The molecule has 0 atom stereocenters. The number of hydrogen-bond donors (Lipinski definition) is 0. The highest BCUT2D eigenvalue weighted by atomic mass is 79.9. The van der Waals surface area contributed by atoms with E-state index < -0.39 is 0 Å². The van der Waals surface area contributed by atoms with Crippen LogP contribution in [0.4, 0.5) is 0 Å². The molecule has 1 aromatic rings. The first-order chi connectivity index (χ1) is 7.93. The molecule has 0 aliphatic rings. The zero-order valence-corrected chi connectivity index (χ0v) is 12.3. The number of halogens is 1. The number of carbonyl (C=O) groups is 1. The first-order valence-electron chi connectivity index (χ1n) is 5.39. The lowest BCUT2D eigenvalue weighted by Gasteiger charge is -2.19. The SMILES string of the molecule is COc1cc(Br)c(C(C)=O)c(C(C)C)c1OC. The number of ether oxygens (including phenoxy) is 2. The summed E-state index contributed by atoms with van der Waals surface area (Å²) in [5.74, 6) is 1.46. The van der Waals surface area contributed by atoms with Crippen molar-refractivity contribution >= 4 is 21.7 Å². The minimum absolute atomic E-state index is 0.0153. The van der Waals surface area contributed by atoms with E-state index in [0.717, 1.165) is 10.0 Å². The molecule has 0 N–H and O–H groups in total. The first-order valence-corrected chi connectivity index (χ1v) is 6.18. The molecule has 1 aromatic carbocycles. The molecule has 1 rings (SSSR count). The summed E-state index contributed by atoms with van der Waals surface area (Å²) in [6.07, 6.45) is 0. The number of Topliss-reactive ketones (excluding diaryl/α,β-unsaturated/α-hetero) is 1. The third kappa shape index (κ3) is 2.63. The van der Waals surface area contributed by atoms with Crippen molar-refractivity contribution in [1.82, 2.24) is 0 Å². The van der Waals surface area contributed by atoms with E-state index in [9.17, 15) is 4.79 Å². The standard InChI is InChI=1S/C13H17BrO3/c1-7(2)11-12(8(3)15)9(14)6-10(16-4)13(11)17-5/h6-7H,1-5H3. The van der Waals surface area contributed by atoms with E-state index in [0.29, 0.717) is 17.1 Å². The Balaban J connectivity index is 3.67. The van der Waals surface area contributed by atoms with Crippen molar-refractivity contribution in [3.05, 3.63) is 21.7 Å². The van der Waals surface area contributed by atoms with Crippen molar-refractivity contribution in [3.8, 4) is 11.5 Å². The molecule has 0 aliphatic heterocycles. The molecule has 0 radical (unpaired) electrons. The lowest BCUT2D eigenvalue weighted by molar-refractivity contribution is 0.101. The van der Waals surface area contributed by atoms with Gasteiger partial charge in [-0.3, -0.25) is 4.79 Å². The molecule has 0 spiro atoms. The van der Waals surface area contributed by atoms with E-state index in [4.69, 9.17) is 9.47 Å². The van der Waals surface area contributed by atoms with Crippen LogP contribution in [0.1, 0.15) is 42.6 Å². The van der Waals surface area contributed by atoms with Gasteiger partial charge in [0.2, 0.25) is 0 Å². The van der Waals surface area contributed by atoms with Crippen molar-refractivity contribution in [2.24, 2.45) is 0 Å². The summed E-state index contributed by atoms with van der Waals surface area (Å²) in [6, 6.07) is 1.77. The van der Waals surface area contributed by atoms with Crippen LogP contribution in [0.3, 0.4) is 0 Å². The van der Waals surface area contributed by atoms with Crippen LogP contribution in [0.2, 0.25) is 0 Å². The van der Waals surface area contributed by atoms with Gasteiger partial charge in [-0.25, -0.2) is 0 Å². The van der Waals surface area contributed by atoms with Gasteiger partial charge < -0.3 is 9.47 Å². The van der Waals surface area contributed by atoms with E-state index in [-0.39, 0.29) is 11.7 Å². The maximum Gasteiger partial charge on any atom is 0.164 e. The molecule has 0 amide bonds. The molecule has 0 bridgehead atoms. The summed E-state index contributed by atoms with van der Waals surface area (Å²) in [7, 11) is 3.17. The van der Waals surface area contributed by atoms with Crippen molar-refractivity contribution in [2.75, 3.05) is 14.2 Å². The Morgan fingerprint density at radius 1 is 1.29 bits per heavy atom. The van der Waals surface area contributed by atoms with Gasteiger partial charge in [0.1, 0.15) is 0 Å². The smallest absolute Gasteiger partial charge is 0.164 e. The molecule has 0 heterocycles. The van der Waals surface area contributed by atoms with E-state index in [1.165, 1.54) is 0 Å². The van der Waals surface area contributed by atoms with Crippen LogP contribution in [0.15, 0.2) is 10.5 Å². The fourth-order valence-corrected chi connectivity index (χ4v) is 2.60. The number of hydrogen-bond acceptors (Lipinski definition) is 3. The summed E-state index contributed by atoms with van der Waals surface area (Å²) in [5, 5.41) is 0. The summed E-state index contributed by atoms with van der Waals surface area (Å²) in [6.45, 7) is 5.60. The Morgan fingerprint density at radius 2 is 1.88 bits per heavy atom. The third-order valence-corrected chi connectivity index (χ3v) is 3.21. The van der Waals surface area contributed by atoms with Gasteiger partial charge in [0, 0.05) is 15.6 Å². The number of ketones is 1. The highest BCUT2D eigenvalue weighted by Gasteiger charge is 2.23. The normalized spacial score (nSPS) is 10.5. The Kier molecular flexibility index (Phi) is 4.57. The highest BCUT2D eigenvalue weighted by molar-refractivity contribution is 9.10. The lowest BCUT2D eigenvalue weighted by atomic mass is 9.93. The average Bonchev–Trinajstić information content (AvgIpc) is 2.26. The van der Waals surface area contributed by atoms with Crippen LogP contribution in [0.5, 0.6) is 11.5 Å². The number of methoxy groups -OCH3 is 2.